The smallest absolute Gasteiger partial charge is 0.261 e. The van der Waals surface area contributed by atoms with Gasteiger partial charge in [-0.2, -0.15) is 0 Å². The summed E-state index contributed by atoms with van der Waals surface area (Å²) in [6, 6.07) is 19.8. The summed E-state index contributed by atoms with van der Waals surface area (Å²) < 4.78 is 5.93. The Morgan fingerprint density at radius 1 is 0.917 bits per heavy atom. The predicted molar refractivity (Wildman–Crippen MR) is 146 cm³/mol. The molecule has 0 aliphatic heterocycles. The van der Waals surface area contributed by atoms with E-state index < -0.39 is 6.04 Å². The molecule has 1 unspecified atom stereocenters. The molecule has 0 saturated heterocycles. The van der Waals surface area contributed by atoms with E-state index in [9.17, 15) is 9.59 Å². The summed E-state index contributed by atoms with van der Waals surface area (Å²) in [6.45, 7) is 7.71. The maximum absolute atomic E-state index is 13.7. The first-order valence-electron chi connectivity index (χ1n) is 11.9. The molecule has 3 aromatic rings. The molecule has 0 fully saturated rings. The summed E-state index contributed by atoms with van der Waals surface area (Å²) >= 11 is 12.4. The van der Waals surface area contributed by atoms with Crippen LogP contribution in [0.25, 0.3) is 0 Å². The van der Waals surface area contributed by atoms with E-state index >= 15 is 0 Å². The van der Waals surface area contributed by atoms with Crippen molar-refractivity contribution in [2.24, 2.45) is 0 Å². The van der Waals surface area contributed by atoms with E-state index in [1.165, 1.54) is 0 Å². The van der Waals surface area contributed by atoms with Gasteiger partial charge in [-0.15, -0.1) is 0 Å². The minimum atomic E-state index is -0.751. The van der Waals surface area contributed by atoms with Crippen molar-refractivity contribution in [2.75, 3.05) is 6.61 Å². The van der Waals surface area contributed by atoms with Crippen LogP contribution in [0.4, 0.5) is 0 Å². The molecule has 7 heteroatoms. The molecule has 0 bridgehead atoms. The fraction of sp³-hybridized carbons (Fsp3) is 0.310. The van der Waals surface area contributed by atoms with Crippen LogP contribution in [0, 0.1) is 13.8 Å². The van der Waals surface area contributed by atoms with Crippen LogP contribution in [0.1, 0.15) is 36.1 Å². The van der Waals surface area contributed by atoms with Gasteiger partial charge in [0, 0.05) is 19.0 Å². The number of aryl methyl sites for hydroxylation is 1. The van der Waals surface area contributed by atoms with Gasteiger partial charge in [0.2, 0.25) is 5.91 Å². The SMILES string of the molecule is Cc1cccc(OCC(=O)N(Cc2ccc(Cl)c(Cl)c2)C(Cc2ccccc2)C(=O)NC(C)C)c1C. The molecule has 0 saturated carbocycles. The minimum Gasteiger partial charge on any atom is -0.483 e. The number of halogens is 2. The molecule has 5 nitrogen and oxygen atoms in total. The third-order valence-corrected chi connectivity index (χ3v) is 6.68. The van der Waals surface area contributed by atoms with Crippen molar-refractivity contribution in [3.8, 4) is 5.75 Å². The van der Waals surface area contributed by atoms with Crippen molar-refractivity contribution >= 4 is 35.0 Å². The Balaban J connectivity index is 1.94. The van der Waals surface area contributed by atoms with Crippen LogP contribution in [-0.2, 0) is 22.6 Å². The number of carbonyl (C=O) groups excluding carboxylic acids is 2. The van der Waals surface area contributed by atoms with Gasteiger partial charge >= 0.3 is 0 Å². The minimum absolute atomic E-state index is 0.0797. The first kappa shape index (κ1) is 27.6. The van der Waals surface area contributed by atoms with E-state index in [4.69, 9.17) is 27.9 Å². The molecule has 36 heavy (non-hydrogen) atoms. The lowest BCUT2D eigenvalue weighted by atomic mass is 10.0. The van der Waals surface area contributed by atoms with E-state index in [1.54, 1.807) is 23.1 Å². The van der Waals surface area contributed by atoms with Gasteiger partial charge in [-0.3, -0.25) is 9.59 Å². The second-order valence-electron chi connectivity index (χ2n) is 9.13. The standard InChI is InChI=1S/C29H32Cl2N2O3/c1-19(2)32-29(35)26(16-22-10-6-5-7-11-22)33(17-23-13-14-24(30)25(31)15-23)28(34)18-36-27-12-8-9-20(3)21(27)4/h5-15,19,26H,16-18H2,1-4H3,(H,32,35). The predicted octanol–water partition coefficient (Wildman–Crippen LogP) is 6.15. The third-order valence-electron chi connectivity index (χ3n) is 5.95. The van der Waals surface area contributed by atoms with Gasteiger partial charge in [0.25, 0.3) is 5.91 Å². The first-order chi connectivity index (χ1) is 17.2. The summed E-state index contributed by atoms with van der Waals surface area (Å²) in [5, 5.41) is 3.79. The van der Waals surface area contributed by atoms with Crippen LogP contribution in [0.5, 0.6) is 5.75 Å². The summed E-state index contributed by atoms with van der Waals surface area (Å²) in [6.07, 6.45) is 0.357. The molecule has 0 heterocycles. The molecule has 190 valence electrons. The highest BCUT2D eigenvalue weighted by atomic mass is 35.5. The van der Waals surface area contributed by atoms with Crippen molar-refractivity contribution in [1.29, 1.82) is 0 Å². The number of hydrogen-bond donors (Lipinski definition) is 1. The molecule has 1 atom stereocenters. The van der Waals surface area contributed by atoms with Crippen molar-refractivity contribution in [1.82, 2.24) is 10.2 Å². The Bertz CT molecular complexity index is 1200. The number of carbonyl (C=O) groups is 2. The fourth-order valence-electron chi connectivity index (χ4n) is 3.87. The van der Waals surface area contributed by atoms with E-state index in [0.29, 0.717) is 22.2 Å². The lowest BCUT2D eigenvalue weighted by molar-refractivity contribution is -0.143. The average molecular weight is 527 g/mol. The van der Waals surface area contributed by atoms with Crippen molar-refractivity contribution < 1.29 is 14.3 Å². The lowest BCUT2D eigenvalue weighted by Gasteiger charge is -2.32. The molecular weight excluding hydrogens is 495 g/mol. The van der Waals surface area contributed by atoms with Gasteiger partial charge < -0.3 is 15.0 Å². The number of nitrogens with zero attached hydrogens (tertiary/aromatic N) is 1. The largest absolute Gasteiger partial charge is 0.483 e. The van der Waals surface area contributed by atoms with Crippen LogP contribution in [0.2, 0.25) is 10.0 Å². The van der Waals surface area contributed by atoms with Crippen LogP contribution in [0.15, 0.2) is 66.7 Å². The van der Waals surface area contributed by atoms with Crippen molar-refractivity contribution in [2.45, 2.75) is 52.7 Å². The van der Waals surface area contributed by atoms with Gasteiger partial charge in [0.05, 0.1) is 10.0 Å². The molecular formula is C29H32Cl2N2O3. The topological polar surface area (TPSA) is 58.6 Å². The summed E-state index contributed by atoms with van der Waals surface area (Å²) in [4.78, 5) is 28.6. The summed E-state index contributed by atoms with van der Waals surface area (Å²) in [7, 11) is 0. The Kier molecular flexibility index (Phi) is 9.80. The van der Waals surface area contributed by atoms with Gasteiger partial charge in [0.15, 0.2) is 6.61 Å². The van der Waals surface area contributed by atoms with E-state index in [-0.39, 0.29) is 31.0 Å². The molecule has 0 aliphatic rings. The van der Waals surface area contributed by atoms with Crippen molar-refractivity contribution in [3.05, 3.63) is 99.0 Å². The Labute approximate surface area is 223 Å². The Hall–Kier alpha value is -3.02. The van der Waals surface area contributed by atoms with Crippen molar-refractivity contribution in [3.63, 3.8) is 0 Å². The monoisotopic (exact) mass is 526 g/mol. The number of nitrogens with one attached hydrogen (secondary N) is 1. The van der Waals surface area contributed by atoms with E-state index in [1.807, 2.05) is 76.2 Å². The zero-order chi connectivity index (χ0) is 26.2. The van der Waals surface area contributed by atoms with Crippen LogP contribution in [0.3, 0.4) is 0 Å². The molecule has 2 amide bonds. The second kappa shape index (κ2) is 12.8. The normalized spacial score (nSPS) is 11.8. The van der Waals surface area contributed by atoms with Gasteiger partial charge in [-0.1, -0.05) is 71.7 Å². The zero-order valence-electron chi connectivity index (χ0n) is 21.1. The lowest BCUT2D eigenvalue weighted by Crippen LogP contribution is -2.52. The second-order valence-corrected chi connectivity index (χ2v) is 9.94. The highest BCUT2D eigenvalue weighted by molar-refractivity contribution is 6.42. The van der Waals surface area contributed by atoms with E-state index in [0.717, 1.165) is 22.3 Å². The number of hydrogen-bond acceptors (Lipinski definition) is 3. The number of ether oxygens (including phenoxy) is 1. The molecule has 0 aliphatic carbocycles. The van der Waals surface area contributed by atoms with Crippen LogP contribution in [-0.4, -0.2) is 35.4 Å². The number of benzene rings is 3. The third kappa shape index (κ3) is 7.49. The van der Waals surface area contributed by atoms with Crippen LogP contribution < -0.4 is 10.1 Å². The fourth-order valence-corrected chi connectivity index (χ4v) is 4.19. The maximum Gasteiger partial charge on any atom is 0.261 e. The summed E-state index contributed by atoms with van der Waals surface area (Å²) in [5.74, 6) is 0.111. The first-order valence-corrected chi connectivity index (χ1v) is 12.7. The molecule has 0 spiro atoms. The number of rotatable bonds is 10. The quantitative estimate of drug-likeness (QED) is 0.344. The Morgan fingerprint density at radius 3 is 2.31 bits per heavy atom. The molecule has 3 aromatic carbocycles. The van der Waals surface area contributed by atoms with Gasteiger partial charge in [-0.25, -0.2) is 0 Å². The van der Waals surface area contributed by atoms with Gasteiger partial charge in [-0.05, 0) is 68.1 Å². The number of amides is 2. The molecule has 3 rings (SSSR count). The summed E-state index contributed by atoms with van der Waals surface area (Å²) in [5.41, 5.74) is 3.76. The van der Waals surface area contributed by atoms with Gasteiger partial charge in [0.1, 0.15) is 11.8 Å². The molecule has 0 aromatic heterocycles. The van der Waals surface area contributed by atoms with Crippen LogP contribution >= 0.6 is 23.2 Å². The highest BCUT2D eigenvalue weighted by Gasteiger charge is 2.31. The average Bonchev–Trinajstić information content (AvgIpc) is 2.84. The molecule has 0 radical (unpaired) electrons. The molecule has 1 N–H and O–H groups in total. The Morgan fingerprint density at radius 2 is 1.64 bits per heavy atom. The zero-order valence-corrected chi connectivity index (χ0v) is 22.6. The van der Waals surface area contributed by atoms with E-state index in [2.05, 4.69) is 5.32 Å². The maximum atomic E-state index is 13.7. The highest BCUT2D eigenvalue weighted by Crippen LogP contribution is 2.25.